The molecule has 1 aromatic carbocycles. The predicted octanol–water partition coefficient (Wildman–Crippen LogP) is 1.98. The SMILES string of the molecule is N#Cc1ccc(CNc2ncc(-c3nnc(N4C[C@@H]5C(c6cn[nH]n6)[C@@H]5C4)o3)cn2)cc1. The fourth-order valence-corrected chi connectivity index (χ4v) is 4.36. The second kappa shape index (κ2) is 7.42. The third-order valence-electron chi connectivity index (χ3n) is 6.09. The molecule has 2 N–H and O–H groups in total. The lowest BCUT2D eigenvalue weighted by molar-refractivity contribution is 0.543. The number of hydrogen-bond acceptors (Lipinski definition) is 10. The number of fused-ring (bicyclic) bond motifs is 1. The van der Waals surface area contributed by atoms with Crippen molar-refractivity contribution in [1.82, 2.24) is 35.6 Å². The largest absolute Gasteiger partial charge is 0.403 e. The summed E-state index contributed by atoms with van der Waals surface area (Å²) in [5.74, 6) is 2.48. The maximum Gasteiger partial charge on any atom is 0.318 e. The third kappa shape index (κ3) is 3.31. The van der Waals surface area contributed by atoms with Gasteiger partial charge in [-0.1, -0.05) is 17.2 Å². The van der Waals surface area contributed by atoms with Gasteiger partial charge in [-0.2, -0.15) is 20.7 Å². The molecule has 1 unspecified atom stereocenters. The van der Waals surface area contributed by atoms with E-state index in [9.17, 15) is 0 Å². The number of piperidine rings is 1. The molecule has 1 saturated heterocycles. The van der Waals surface area contributed by atoms with E-state index < -0.39 is 0 Å². The van der Waals surface area contributed by atoms with Crippen molar-refractivity contribution < 1.29 is 4.42 Å². The summed E-state index contributed by atoms with van der Waals surface area (Å²) < 4.78 is 5.88. The van der Waals surface area contributed by atoms with Crippen LogP contribution in [0, 0.1) is 23.2 Å². The Kier molecular flexibility index (Phi) is 4.28. The van der Waals surface area contributed by atoms with Gasteiger partial charge >= 0.3 is 6.01 Å². The highest BCUT2D eigenvalue weighted by molar-refractivity contribution is 5.52. The molecule has 4 heterocycles. The van der Waals surface area contributed by atoms with Crippen molar-refractivity contribution in [2.24, 2.45) is 11.8 Å². The highest BCUT2D eigenvalue weighted by Gasteiger charge is 2.58. The summed E-state index contributed by atoms with van der Waals surface area (Å²) >= 11 is 0. The number of aromatic nitrogens is 7. The normalized spacial score (nSPS) is 21.2. The van der Waals surface area contributed by atoms with Crippen LogP contribution in [0.3, 0.4) is 0 Å². The second-order valence-corrected chi connectivity index (χ2v) is 8.00. The molecular weight excluding hydrogens is 408 g/mol. The topological polar surface area (TPSA) is 145 Å². The zero-order valence-corrected chi connectivity index (χ0v) is 16.9. The molecular formula is C21H18N10O. The van der Waals surface area contributed by atoms with Gasteiger partial charge in [0.1, 0.15) is 0 Å². The van der Waals surface area contributed by atoms with E-state index in [1.54, 1.807) is 30.7 Å². The lowest BCUT2D eigenvalue weighted by Gasteiger charge is -2.15. The van der Waals surface area contributed by atoms with E-state index >= 15 is 0 Å². The summed E-state index contributed by atoms with van der Waals surface area (Å²) in [7, 11) is 0. The van der Waals surface area contributed by atoms with Crippen LogP contribution in [0.4, 0.5) is 12.0 Å². The van der Waals surface area contributed by atoms with Crippen LogP contribution in [0.2, 0.25) is 0 Å². The van der Waals surface area contributed by atoms with Crippen molar-refractivity contribution >= 4 is 12.0 Å². The summed E-state index contributed by atoms with van der Waals surface area (Å²) in [5.41, 5.74) is 3.37. The van der Waals surface area contributed by atoms with E-state index in [1.807, 2.05) is 12.1 Å². The maximum atomic E-state index is 8.87. The fraction of sp³-hybridized carbons (Fsp3) is 0.286. The number of rotatable bonds is 6. The van der Waals surface area contributed by atoms with E-state index in [4.69, 9.17) is 9.68 Å². The summed E-state index contributed by atoms with van der Waals surface area (Å²) in [6, 6.07) is 10.00. The fourth-order valence-electron chi connectivity index (χ4n) is 4.36. The summed E-state index contributed by atoms with van der Waals surface area (Å²) in [4.78, 5) is 10.8. The minimum atomic E-state index is 0.396. The molecule has 0 spiro atoms. The molecule has 11 heteroatoms. The Morgan fingerprint density at radius 3 is 2.56 bits per heavy atom. The molecule has 32 heavy (non-hydrogen) atoms. The van der Waals surface area contributed by atoms with Crippen LogP contribution in [0.15, 0.2) is 47.3 Å². The van der Waals surface area contributed by atoms with E-state index in [2.05, 4.69) is 51.9 Å². The molecule has 4 aromatic rings. The molecule has 1 aliphatic carbocycles. The number of benzene rings is 1. The van der Waals surface area contributed by atoms with Gasteiger partial charge in [-0.3, -0.25) is 0 Å². The zero-order valence-electron chi connectivity index (χ0n) is 16.9. The Bertz CT molecular complexity index is 1250. The first kappa shape index (κ1) is 18.4. The average molecular weight is 426 g/mol. The minimum absolute atomic E-state index is 0.396. The van der Waals surface area contributed by atoms with Gasteiger partial charge in [0.25, 0.3) is 5.89 Å². The van der Waals surface area contributed by atoms with Crippen LogP contribution in [0.5, 0.6) is 0 Å². The second-order valence-electron chi connectivity index (χ2n) is 8.00. The van der Waals surface area contributed by atoms with Crippen molar-refractivity contribution in [2.45, 2.75) is 12.5 Å². The van der Waals surface area contributed by atoms with Crippen LogP contribution in [0.1, 0.15) is 22.7 Å². The highest BCUT2D eigenvalue weighted by Crippen LogP contribution is 2.58. The van der Waals surface area contributed by atoms with Crippen LogP contribution >= 0.6 is 0 Å². The zero-order chi connectivity index (χ0) is 21.5. The summed E-state index contributed by atoms with van der Waals surface area (Å²) in [6.45, 7) is 2.31. The molecule has 0 amide bonds. The molecule has 158 valence electrons. The lowest BCUT2D eigenvalue weighted by atomic mass is 10.1. The number of aromatic amines is 1. The third-order valence-corrected chi connectivity index (χ3v) is 6.09. The van der Waals surface area contributed by atoms with E-state index in [-0.39, 0.29) is 0 Å². The Morgan fingerprint density at radius 1 is 1.09 bits per heavy atom. The molecule has 2 fully saturated rings. The van der Waals surface area contributed by atoms with Gasteiger partial charge in [-0.05, 0) is 29.5 Å². The molecule has 0 bridgehead atoms. The first-order chi connectivity index (χ1) is 15.8. The van der Waals surface area contributed by atoms with Crippen molar-refractivity contribution in [3.05, 3.63) is 59.7 Å². The van der Waals surface area contributed by atoms with Gasteiger partial charge in [0.05, 0.1) is 29.1 Å². The number of hydrogen-bond donors (Lipinski definition) is 2. The van der Waals surface area contributed by atoms with Crippen molar-refractivity contribution in [3.63, 3.8) is 0 Å². The number of nitrogens with one attached hydrogen (secondary N) is 2. The average Bonchev–Trinajstić information content (AvgIpc) is 3.38. The molecule has 0 radical (unpaired) electrons. The predicted molar refractivity (Wildman–Crippen MR) is 112 cm³/mol. The molecule has 2 aliphatic rings. The Labute approximate surface area is 182 Å². The number of anilines is 2. The highest BCUT2D eigenvalue weighted by atomic mass is 16.4. The number of H-pyrrole nitrogens is 1. The molecule has 6 rings (SSSR count). The van der Waals surface area contributed by atoms with E-state index in [0.29, 0.717) is 53.3 Å². The summed E-state index contributed by atoms with van der Waals surface area (Å²) in [5, 5.41) is 31.2. The van der Waals surface area contributed by atoms with E-state index in [0.717, 1.165) is 24.3 Å². The molecule has 11 nitrogen and oxygen atoms in total. The monoisotopic (exact) mass is 426 g/mol. The van der Waals surface area contributed by atoms with Gasteiger partial charge in [-0.15, -0.1) is 5.10 Å². The standard InChI is InChI=1S/C21H18N10O/c22-5-12-1-3-13(4-2-12)6-23-20-24-7-14(8-25-20)19-28-29-21(32-19)31-10-15-16(11-31)18(15)17-9-26-30-27-17/h1-4,7-9,15-16,18H,6,10-11H2,(H,23,24,25)(H,26,27,30)/t15-,16+,18?. The smallest absolute Gasteiger partial charge is 0.318 e. The van der Waals surface area contributed by atoms with Crippen LogP contribution in [0.25, 0.3) is 11.5 Å². The Hall–Kier alpha value is -4.33. The Balaban J connectivity index is 1.06. The van der Waals surface area contributed by atoms with Crippen LogP contribution in [-0.2, 0) is 6.54 Å². The molecule has 3 atom stereocenters. The van der Waals surface area contributed by atoms with Gasteiger partial charge < -0.3 is 14.6 Å². The number of nitriles is 1. The van der Waals surface area contributed by atoms with E-state index in [1.165, 1.54) is 0 Å². The van der Waals surface area contributed by atoms with Crippen molar-refractivity contribution in [1.29, 1.82) is 5.26 Å². The Morgan fingerprint density at radius 2 is 1.88 bits per heavy atom. The molecule has 3 aromatic heterocycles. The quantitative estimate of drug-likeness (QED) is 0.469. The van der Waals surface area contributed by atoms with Crippen molar-refractivity contribution in [3.8, 4) is 17.5 Å². The number of nitrogens with zero attached hydrogens (tertiary/aromatic N) is 8. The van der Waals surface area contributed by atoms with Crippen LogP contribution < -0.4 is 10.2 Å². The molecule has 1 saturated carbocycles. The lowest BCUT2D eigenvalue weighted by Crippen LogP contribution is -2.23. The van der Waals surface area contributed by atoms with Gasteiger partial charge in [0.2, 0.25) is 5.95 Å². The van der Waals surface area contributed by atoms with Crippen molar-refractivity contribution in [2.75, 3.05) is 23.3 Å². The first-order valence-electron chi connectivity index (χ1n) is 10.3. The van der Waals surface area contributed by atoms with Gasteiger partial charge in [-0.25, -0.2) is 9.97 Å². The minimum Gasteiger partial charge on any atom is -0.403 e. The van der Waals surface area contributed by atoms with Gasteiger partial charge in [0.15, 0.2) is 0 Å². The maximum absolute atomic E-state index is 8.87. The molecule has 1 aliphatic heterocycles. The first-order valence-corrected chi connectivity index (χ1v) is 10.3. The summed E-state index contributed by atoms with van der Waals surface area (Å²) in [6.07, 6.45) is 5.13. The van der Waals surface area contributed by atoms with Gasteiger partial charge in [0, 0.05) is 37.9 Å². The van der Waals surface area contributed by atoms with Crippen LogP contribution in [-0.4, -0.2) is 48.7 Å².